The predicted octanol–water partition coefficient (Wildman–Crippen LogP) is 0.989. The molecule has 2 aliphatic heterocycles. The fraction of sp³-hybridized carbons (Fsp3) is 0.636. The zero-order valence-corrected chi connectivity index (χ0v) is 18.6. The summed E-state index contributed by atoms with van der Waals surface area (Å²) in [4.78, 5) is 26.9. The molecular formula is C22H33N3O7. The van der Waals surface area contributed by atoms with E-state index in [1.165, 1.54) is 0 Å². The second kappa shape index (κ2) is 12.0. The highest BCUT2D eigenvalue weighted by Gasteiger charge is 2.40. The first kappa shape index (κ1) is 24.2. The minimum Gasteiger partial charge on any atom is -0.495 e. The summed E-state index contributed by atoms with van der Waals surface area (Å²) in [5.74, 6) is 0.450. The fourth-order valence-corrected chi connectivity index (χ4v) is 4.08. The molecule has 0 spiro atoms. The van der Waals surface area contributed by atoms with Crippen LogP contribution < -0.4 is 15.4 Å². The van der Waals surface area contributed by atoms with Crippen LogP contribution in [0.5, 0.6) is 5.75 Å². The van der Waals surface area contributed by atoms with Crippen LogP contribution >= 0.6 is 0 Å². The Balaban J connectivity index is 1.66. The maximum atomic E-state index is 13.2. The SMILES string of the molecule is COCCNC(=O)C[C@@H]1CC[C@H]2[C@@H](COC[C@H](O)CN2C(=O)Nc2ccccc2OC)O1. The molecule has 0 aromatic heterocycles. The number of amides is 3. The molecule has 10 heteroatoms. The Labute approximate surface area is 188 Å². The highest BCUT2D eigenvalue weighted by molar-refractivity contribution is 5.91. The Morgan fingerprint density at radius 3 is 2.81 bits per heavy atom. The van der Waals surface area contributed by atoms with E-state index < -0.39 is 12.2 Å². The van der Waals surface area contributed by atoms with E-state index in [1.807, 2.05) is 12.1 Å². The number of hydrogen-bond acceptors (Lipinski definition) is 7. The standard InChI is InChI=1S/C22H33N3O7/c1-29-10-9-23-21(27)11-16-7-8-18-20(32-16)14-31-13-15(26)12-25(18)22(28)24-17-5-3-4-6-19(17)30-2/h3-6,15-16,18,20,26H,7-14H2,1-2H3,(H,23,27)(H,24,28)/t15-,16+,18+,20-/m1/s1. The molecule has 10 nitrogen and oxygen atoms in total. The van der Waals surface area contributed by atoms with Gasteiger partial charge >= 0.3 is 6.03 Å². The van der Waals surface area contributed by atoms with E-state index in [0.29, 0.717) is 37.4 Å². The molecular weight excluding hydrogens is 418 g/mol. The number of nitrogens with zero attached hydrogens (tertiary/aromatic N) is 1. The number of para-hydroxylation sites is 2. The molecule has 2 fully saturated rings. The Morgan fingerprint density at radius 2 is 2.03 bits per heavy atom. The number of ether oxygens (including phenoxy) is 4. The van der Waals surface area contributed by atoms with Gasteiger partial charge in [-0.05, 0) is 25.0 Å². The molecule has 3 amide bonds. The Bertz CT molecular complexity index is 763. The first-order valence-corrected chi connectivity index (χ1v) is 10.9. The van der Waals surface area contributed by atoms with Crippen LogP contribution in [0.2, 0.25) is 0 Å². The van der Waals surface area contributed by atoms with Crippen molar-refractivity contribution in [2.24, 2.45) is 0 Å². The number of β-amino-alcohol motifs (C(OH)–C–C–N with tert-alkyl or cyclic N) is 1. The van der Waals surface area contributed by atoms with E-state index in [2.05, 4.69) is 10.6 Å². The van der Waals surface area contributed by atoms with Crippen molar-refractivity contribution in [3.63, 3.8) is 0 Å². The van der Waals surface area contributed by atoms with Gasteiger partial charge in [-0.2, -0.15) is 0 Å². The molecule has 2 aliphatic rings. The topological polar surface area (TPSA) is 119 Å². The zero-order chi connectivity index (χ0) is 22.9. The molecule has 2 heterocycles. The molecule has 1 aromatic rings. The lowest BCUT2D eigenvalue weighted by molar-refractivity contribution is -0.149. The molecule has 0 saturated carbocycles. The third-order valence-corrected chi connectivity index (χ3v) is 5.63. The number of carbonyl (C=O) groups is 2. The Hall–Kier alpha value is -2.40. The molecule has 32 heavy (non-hydrogen) atoms. The van der Waals surface area contributed by atoms with Crippen LogP contribution in [0.25, 0.3) is 0 Å². The highest BCUT2D eigenvalue weighted by Crippen LogP contribution is 2.29. The van der Waals surface area contributed by atoms with E-state index >= 15 is 0 Å². The van der Waals surface area contributed by atoms with Crippen molar-refractivity contribution in [2.75, 3.05) is 52.4 Å². The molecule has 2 saturated heterocycles. The summed E-state index contributed by atoms with van der Waals surface area (Å²) in [7, 11) is 3.12. The lowest BCUT2D eigenvalue weighted by Crippen LogP contribution is -2.58. The highest BCUT2D eigenvalue weighted by atomic mass is 16.5. The smallest absolute Gasteiger partial charge is 0.322 e. The van der Waals surface area contributed by atoms with Crippen molar-refractivity contribution in [2.45, 2.75) is 43.6 Å². The van der Waals surface area contributed by atoms with Gasteiger partial charge in [0, 0.05) is 13.7 Å². The van der Waals surface area contributed by atoms with Crippen molar-refractivity contribution in [1.29, 1.82) is 0 Å². The average molecular weight is 452 g/mol. The second-order valence-corrected chi connectivity index (χ2v) is 7.96. The summed E-state index contributed by atoms with van der Waals surface area (Å²) in [6.07, 6.45) is 0.0397. The molecule has 0 radical (unpaired) electrons. The molecule has 0 aliphatic carbocycles. The molecule has 178 valence electrons. The number of nitrogens with one attached hydrogen (secondary N) is 2. The van der Waals surface area contributed by atoms with Crippen LogP contribution in [0.1, 0.15) is 19.3 Å². The van der Waals surface area contributed by atoms with Crippen molar-refractivity contribution >= 4 is 17.6 Å². The van der Waals surface area contributed by atoms with Crippen LogP contribution in [-0.2, 0) is 19.0 Å². The fourth-order valence-electron chi connectivity index (χ4n) is 4.08. The van der Waals surface area contributed by atoms with Gasteiger partial charge in [0.25, 0.3) is 0 Å². The van der Waals surface area contributed by atoms with E-state index in [9.17, 15) is 14.7 Å². The lowest BCUT2D eigenvalue weighted by Gasteiger charge is -2.44. The number of fused-ring (bicyclic) bond motifs is 1. The first-order valence-electron chi connectivity index (χ1n) is 10.9. The second-order valence-electron chi connectivity index (χ2n) is 7.96. The van der Waals surface area contributed by atoms with Gasteiger partial charge < -0.3 is 39.6 Å². The largest absolute Gasteiger partial charge is 0.495 e. The summed E-state index contributed by atoms with van der Waals surface area (Å²) < 4.78 is 22.0. The minimum atomic E-state index is -0.802. The number of urea groups is 1. The monoisotopic (exact) mass is 451 g/mol. The minimum absolute atomic E-state index is 0.0987. The van der Waals surface area contributed by atoms with Crippen LogP contribution in [0.15, 0.2) is 24.3 Å². The third-order valence-electron chi connectivity index (χ3n) is 5.63. The van der Waals surface area contributed by atoms with Crippen molar-refractivity contribution in [3.05, 3.63) is 24.3 Å². The Kier molecular flexibility index (Phi) is 9.10. The van der Waals surface area contributed by atoms with Gasteiger partial charge in [0.1, 0.15) is 11.9 Å². The number of hydrogen-bond donors (Lipinski definition) is 3. The van der Waals surface area contributed by atoms with Crippen molar-refractivity contribution in [3.8, 4) is 5.75 Å². The van der Waals surface area contributed by atoms with E-state index in [4.69, 9.17) is 18.9 Å². The number of carbonyl (C=O) groups excluding carboxylic acids is 2. The number of benzene rings is 1. The van der Waals surface area contributed by atoms with Gasteiger partial charge in [0.15, 0.2) is 0 Å². The number of aliphatic hydroxyl groups is 1. The van der Waals surface area contributed by atoms with Crippen molar-refractivity contribution in [1.82, 2.24) is 10.2 Å². The summed E-state index contributed by atoms with van der Waals surface area (Å²) >= 11 is 0. The number of aliphatic hydroxyl groups excluding tert-OH is 1. The van der Waals surface area contributed by atoms with E-state index in [0.717, 1.165) is 0 Å². The number of anilines is 1. The maximum absolute atomic E-state index is 13.2. The molecule has 3 N–H and O–H groups in total. The first-order chi connectivity index (χ1) is 15.5. The third kappa shape index (κ3) is 6.55. The normalized spacial score (nSPS) is 25.8. The number of rotatable bonds is 7. The van der Waals surface area contributed by atoms with Gasteiger partial charge in [-0.15, -0.1) is 0 Å². The van der Waals surface area contributed by atoms with Gasteiger partial charge in [0.2, 0.25) is 5.91 Å². The summed E-state index contributed by atoms with van der Waals surface area (Å²) in [5.41, 5.74) is 0.548. The summed E-state index contributed by atoms with van der Waals surface area (Å²) in [6.45, 7) is 1.36. The molecule has 4 atom stereocenters. The van der Waals surface area contributed by atoms with Gasteiger partial charge in [-0.25, -0.2) is 4.79 Å². The van der Waals surface area contributed by atoms with E-state index in [-0.39, 0.29) is 50.3 Å². The molecule has 1 aromatic carbocycles. The van der Waals surface area contributed by atoms with Crippen LogP contribution in [-0.4, -0.2) is 93.4 Å². The molecule has 3 rings (SSSR count). The predicted molar refractivity (Wildman–Crippen MR) is 117 cm³/mol. The lowest BCUT2D eigenvalue weighted by atomic mass is 9.95. The van der Waals surface area contributed by atoms with Crippen LogP contribution in [0, 0.1) is 0 Å². The van der Waals surface area contributed by atoms with Crippen molar-refractivity contribution < 1.29 is 33.6 Å². The van der Waals surface area contributed by atoms with Crippen LogP contribution in [0.4, 0.5) is 10.5 Å². The quantitative estimate of drug-likeness (QED) is 0.529. The van der Waals surface area contributed by atoms with Gasteiger partial charge in [0.05, 0.1) is 63.8 Å². The van der Waals surface area contributed by atoms with Crippen LogP contribution in [0.3, 0.4) is 0 Å². The van der Waals surface area contributed by atoms with Gasteiger partial charge in [-0.3, -0.25) is 4.79 Å². The maximum Gasteiger partial charge on any atom is 0.322 e. The summed E-state index contributed by atoms with van der Waals surface area (Å²) in [6, 6.07) is 6.52. The zero-order valence-electron chi connectivity index (χ0n) is 18.6. The average Bonchev–Trinajstić information content (AvgIpc) is 2.77. The van der Waals surface area contributed by atoms with E-state index in [1.54, 1.807) is 31.3 Å². The molecule has 0 bridgehead atoms. The number of methoxy groups -OCH3 is 2. The Morgan fingerprint density at radius 1 is 1.22 bits per heavy atom. The molecule has 0 unspecified atom stereocenters. The summed E-state index contributed by atoms with van der Waals surface area (Å²) in [5, 5.41) is 16.0. The van der Waals surface area contributed by atoms with Gasteiger partial charge in [-0.1, -0.05) is 12.1 Å².